The van der Waals surface area contributed by atoms with Gasteiger partial charge in [-0.05, 0) is 24.8 Å². The van der Waals surface area contributed by atoms with Crippen molar-refractivity contribution in [2.75, 3.05) is 13.7 Å². The lowest BCUT2D eigenvalue weighted by Crippen LogP contribution is -2.31. The second-order valence-electron chi connectivity index (χ2n) is 3.73. The zero-order chi connectivity index (χ0) is 9.26. The van der Waals surface area contributed by atoms with E-state index in [9.17, 15) is 5.11 Å². The summed E-state index contributed by atoms with van der Waals surface area (Å²) < 4.78 is 10.6. The Labute approximate surface area is 78.3 Å². The van der Waals surface area contributed by atoms with Crippen LogP contribution in [0.4, 0.5) is 0 Å². The van der Waals surface area contributed by atoms with Gasteiger partial charge in [0.25, 0.3) is 0 Å². The summed E-state index contributed by atoms with van der Waals surface area (Å²) in [5.41, 5.74) is 0. The number of hydrogen-bond acceptors (Lipinski definition) is 3. The molecule has 0 spiro atoms. The van der Waals surface area contributed by atoms with Crippen LogP contribution in [0.3, 0.4) is 0 Å². The van der Waals surface area contributed by atoms with Crippen molar-refractivity contribution in [2.45, 2.75) is 31.5 Å². The summed E-state index contributed by atoms with van der Waals surface area (Å²) in [5, 5.41) is 9.90. The van der Waals surface area contributed by atoms with Gasteiger partial charge in [-0.25, -0.2) is 0 Å². The molecule has 0 aromatic heterocycles. The lowest BCUT2D eigenvalue weighted by molar-refractivity contribution is -0.0292. The molecular weight excluding hydrogens is 168 g/mol. The maximum absolute atomic E-state index is 9.90. The largest absolute Gasteiger partial charge is 0.495 e. The Kier molecular flexibility index (Phi) is 2.56. The van der Waals surface area contributed by atoms with Gasteiger partial charge in [-0.3, -0.25) is 0 Å². The lowest BCUT2D eigenvalue weighted by Gasteiger charge is -2.21. The van der Waals surface area contributed by atoms with Crippen molar-refractivity contribution >= 4 is 0 Å². The van der Waals surface area contributed by atoms with Gasteiger partial charge in [-0.1, -0.05) is 0 Å². The molecule has 0 aromatic carbocycles. The first kappa shape index (κ1) is 9.03. The van der Waals surface area contributed by atoms with Crippen molar-refractivity contribution in [1.82, 2.24) is 0 Å². The summed E-state index contributed by atoms with van der Waals surface area (Å²) in [6, 6.07) is 0. The number of methoxy groups -OCH3 is 1. The average Bonchev–Trinajstić information content (AvgIpc) is 2.83. The van der Waals surface area contributed by atoms with Crippen LogP contribution in [0.25, 0.3) is 0 Å². The molecule has 13 heavy (non-hydrogen) atoms. The molecule has 3 nitrogen and oxygen atoms in total. The first-order valence-corrected chi connectivity index (χ1v) is 4.86. The fourth-order valence-corrected chi connectivity index (χ4v) is 1.81. The minimum Gasteiger partial charge on any atom is -0.495 e. The summed E-state index contributed by atoms with van der Waals surface area (Å²) in [4.78, 5) is 0. The Balaban J connectivity index is 1.96. The van der Waals surface area contributed by atoms with Gasteiger partial charge in [-0.2, -0.15) is 0 Å². The van der Waals surface area contributed by atoms with E-state index in [-0.39, 0.29) is 6.10 Å². The molecule has 1 aliphatic heterocycles. The van der Waals surface area contributed by atoms with Gasteiger partial charge in [0.1, 0.15) is 11.9 Å². The topological polar surface area (TPSA) is 38.7 Å². The molecule has 1 saturated carbocycles. The Morgan fingerprint density at radius 2 is 2.38 bits per heavy atom. The molecule has 2 rings (SSSR count). The van der Waals surface area contributed by atoms with Crippen LogP contribution >= 0.6 is 0 Å². The summed E-state index contributed by atoms with van der Waals surface area (Å²) in [7, 11) is 1.65. The van der Waals surface area contributed by atoms with E-state index in [0.717, 1.165) is 6.42 Å². The van der Waals surface area contributed by atoms with Crippen LogP contribution in [0.15, 0.2) is 11.8 Å². The number of ether oxygens (including phenoxy) is 2. The first-order chi connectivity index (χ1) is 6.33. The standard InChI is InChI=1S/C10H16O3/c1-12-10(7-4-5-7)9(11)8-3-2-6-13-8/h3,7,9-11H,2,4-6H2,1H3. The third-order valence-corrected chi connectivity index (χ3v) is 2.69. The van der Waals surface area contributed by atoms with Gasteiger partial charge in [0, 0.05) is 13.5 Å². The lowest BCUT2D eigenvalue weighted by atomic mass is 10.1. The molecule has 1 N–H and O–H groups in total. The second-order valence-corrected chi connectivity index (χ2v) is 3.73. The molecule has 0 bridgehead atoms. The molecule has 1 fully saturated rings. The quantitative estimate of drug-likeness (QED) is 0.710. The van der Waals surface area contributed by atoms with E-state index in [4.69, 9.17) is 9.47 Å². The van der Waals surface area contributed by atoms with Gasteiger partial charge in [0.2, 0.25) is 0 Å². The maximum atomic E-state index is 9.90. The molecule has 2 atom stereocenters. The van der Waals surface area contributed by atoms with Crippen molar-refractivity contribution in [2.24, 2.45) is 5.92 Å². The van der Waals surface area contributed by atoms with Crippen molar-refractivity contribution < 1.29 is 14.6 Å². The molecule has 3 heteroatoms. The molecule has 74 valence electrons. The SMILES string of the molecule is COC(C1CC1)C(O)C1=CCCO1. The van der Waals surface area contributed by atoms with Gasteiger partial charge in [0.15, 0.2) is 0 Å². The normalized spacial score (nSPS) is 26.5. The predicted octanol–water partition coefficient (Wildman–Crippen LogP) is 1.08. The van der Waals surface area contributed by atoms with Gasteiger partial charge in [-0.15, -0.1) is 0 Å². The van der Waals surface area contributed by atoms with E-state index in [2.05, 4.69) is 0 Å². The van der Waals surface area contributed by atoms with Crippen LogP contribution in [-0.4, -0.2) is 31.0 Å². The van der Waals surface area contributed by atoms with Crippen LogP contribution in [-0.2, 0) is 9.47 Å². The molecule has 0 saturated heterocycles. The van der Waals surface area contributed by atoms with Gasteiger partial charge < -0.3 is 14.6 Å². The molecule has 0 aromatic rings. The minimum absolute atomic E-state index is 0.0654. The molecule has 2 unspecified atom stereocenters. The van der Waals surface area contributed by atoms with Gasteiger partial charge >= 0.3 is 0 Å². The molecule has 0 amide bonds. The molecule has 1 aliphatic carbocycles. The van der Waals surface area contributed by atoms with E-state index < -0.39 is 6.10 Å². The monoisotopic (exact) mass is 184 g/mol. The average molecular weight is 184 g/mol. The van der Waals surface area contributed by atoms with Crippen LogP contribution in [0, 0.1) is 5.92 Å². The predicted molar refractivity (Wildman–Crippen MR) is 48.2 cm³/mol. The molecule has 0 radical (unpaired) electrons. The summed E-state index contributed by atoms with van der Waals surface area (Å²) in [6.45, 7) is 0.702. The fraction of sp³-hybridized carbons (Fsp3) is 0.800. The highest BCUT2D eigenvalue weighted by Gasteiger charge is 2.38. The smallest absolute Gasteiger partial charge is 0.137 e. The first-order valence-electron chi connectivity index (χ1n) is 4.86. The molecular formula is C10H16O3. The van der Waals surface area contributed by atoms with E-state index in [1.807, 2.05) is 6.08 Å². The summed E-state index contributed by atoms with van der Waals surface area (Å²) in [6.07, 6.45) is 4.59. The van der Waals surface area contributed by atoms with E-state index in [1.165, 1.54) is 12.8 Å². The Bertz CT molecular complexity index is 208. The highest BCUT2D eigenvalue weighted by Crippen LogP contribution is 2.37. The van der Waals surface area contributed by atoms with Crippen molar-refractivity contribution in [3.63, 3.8) is 0 Å². The highest BCUT2D eigenvalue weighted by atomic mass is 16.5. The number of rotatable bonds is 4. The van der Waals surface area contributed by atoms with Crippen LogP contribution in [0.2, 0.25) is 0 Å². The van der Waals surface area contributed by atoms with E-state index >= 15 is 0 Å². The third kappa shape index (κ3) is 1.86. The minimum atomic E-state index is -0.556. The summed E-state index contributed by atoms with van der Waals surface area (Å²) >= 11 is 0. The second kappa shape index (κ2) is 3.68. The number of hydrogen-bond donors (Lipinski definition) is 1. The van der Waals surface area contributed by atoms with Crippen molar-refractivity contribution in [3.8, 4) is 0 Å². The van der Waals surface area contributed by atoms with Gasteiger partial charge in [0.05, 0.1) is 12.7 Å². The van der Waals surface area contributed by atoms with Crippen LogP contribution in [0.1, 0.15) is 19.3 Å². The fourth-order valence-electron chi connectivity index (χ4n) is 1.81. The van der Waals surface area contributed by atoms with Crippen LogP contribution in [0.5, 0.6) is 0 Å². The summed E-state index contributed by atoms with van der Waals surface area (Å²) in [5.74, 6) is 1.24. The Morgan fingerprint density at radius 1 is 1.62 bits per heavy atom. The third-order valence-electron chi connectivity index (χ3n) is 2.69. The molecule has 1 heterocycles. The number of aliphatic hydroxyl groups excluding tert-OH is 1. The van der Waals surface area contributed by atoms with Crippen LogP contribution < -0.4 is 0 Å². The highest BCUT2D eigenvalue weighted by molar-refractivity contribution is 5.08. The van der Waals surface area contributed by atoms with Crippen molar-refractivity contribution in [3.05, 3.63) is 11.8 Å². The maximum Gasteiger partial charge on any atom is 0.137 e. The Hall–Kier alpha value is -0.540. The number of aliphatic hydroxyl groups is 1. The van der Waals surface area contributed by atoms with E-state index in [0.29, 0.717) is 18.3 Å². The molecule has 2 aliphatic rings. The van der Waals surface area contributed by atoms with Crippen molar-refractivity contribution in [1.29, 1.82) is 0 Å². The van der Waals surface area contributed by atoms with E-state index in [1.54, 1.807) is 7.11 Å². The Morgan fingerprint density at radius 3 is 2.85 bits per heavy atom. The zero-order valence-corrected chi connectivity index (χ0v) is 7.90. The zero-order valence-electron chi connectivity index (χ0n) is 7.90.